The van der Waals surface area contributed by atoms with E-state index in [0.29, 0.717) is 28.5 Å². The largest absolute Gasteiger partial charge is 0.508 e. The van der Waals surface area contributed by atoms with Crippen molar-refractivity contribution in [1.82, 2.24) is 0 Å². The number of rotatable bonds is 5. The summed E-state index contributed by atoms with van der Waals surface area (Å²) in [6.45, 7) is 0. The second-order valence-electron chi connectivity index (χ2n) is 5.31. The van der Waals surface area contributed by atoms with Crippen LogP contribution in [0.3, 0.4) is 0 Å². The summed E-state index contributed by atoms with van der Waals surface area (Å²) in [7, 11) is 1.55. The highest BCUT2D eigenvalue weighted by atomic mass is 16.5. The fourth-order valence-corrected chi connectivity index (χ4v) is 2.29. The highest BCUT2D eigenvalue weighted by molar-refractivity contribution is 6.04. The Balaban J connectivity index is 1.74. The molecule has 0 spiro atoms. The lowest BCUT2D eigenvalue weighted by Gasteiger charge is -2.10. The minimum absolute atomic E-state index is 0.125. The number of phenols is 1. The molecule has 0 aliphatic rings. The normalized spacial score (nSPS) is 10.1. The monoisotopic (exact) mass is 335 g/mol. The van der Waals surface area contributed by atoms with Gasteiger partial charge < -0.3 is 19.9 Å². The van der Waals surface area contributed by atoms with E-state index in [1.807, 2.05) is 0 Å². The van der Waals surface area contributed by atoms with Gasteiger partial charge in [-0.1, -0.05) is 18.2 Å². The summed E-state index contributed by atoms with van der Waals surface area (Å²) in [4.78, 5) is 12.4. The molecule has 5 nitrogen and oxygen atoms in total. The van der Waals surface area contributed by atoms with Crippen LogP contribution in [0.1, 0.15) is 10.4 Å². The van der Waals surface area contributed by atoms with Crippen LogP contribution >= 0.6 is 0 Å². The number of carbonyl (C=O) groups excluding carboxylic acids is 1. The number of carbonyl (C=O) groups is 1. The first-order valence-corrected chi connectivity index (χ1v) is 7.66. The number of phenolic OH excluding ortho intramolecular Hbond substituents is 1. The molecule has 0 saturated heterocycles. The Morgan fingerprint density at radius 1 is 0.880 bits per heavy atom. The molecule has 0 bridgehead atoms. The van der Waals surface area contributed by atoms with Gasteiger partial charge in [0.15, 0.2) is 0 Å². The third-order valence-corrected chi connectivity index (χ3v) is 3.48. The van der Waals surface area contributed by atoms with Crippen molar-refractivity contribution in [2.24, 2.45) is 0 Å². The smallest absolute Gasteiger partial charge is 0.255 e. The highest BCUT2D eigenvalue weighted by Gasteiger charge is 2.08. The number of benzene rings is 3. The molecule has 1 amide bonds. The van der Waals surface area contributed by atoms with Gasteiger partial charge in [0.05, 0.1) is 7.11 Å². The van der Waals surface area contributed by atoms with Gasteiger partial charge in [-0.2, -0.15) is 0 Å². The number of methoxy groups -OCH3 is 1. The highest BCUT2D eigenvalue weighted by Crippen LogP contribution is 2.26. The van der Waals surface area contributed by atoms with E-state index in [-0.39, 0.29) is 11.7 Å². The fraction of sp³-hybridized carbons (Fsp3) is 0.0500. The second kappa shape index (κ2) is 7.40. The van der Waals surface area contributed by atoms with E-state index in [1.54, 1.807) is 73.8 Å². The molecule has 126 valence electrons. The molecule has 3 rings (SSSR count). The number of nitrogens with one attached hydrogen (secondary N) is 1. The van der Waals surface area contributed by atoms with Crippen LogP contribution in [0.25, 0.3) is 0 Å². The minimum Gasteiger partial charge on any atom is -0.508 e. The van der Waals surface area contributed by atoms with E-state index >= 15 is 0 Å². The summed E-state index contributed by atoms with van der Waals surface area (Å²) in [5.41, 5.74) is 1.10. The lowest BCUT2D eigenvalue weighted by Crippen LogP contribution is -2.11. The molecular weight excluding hydrogens is 318 g/mol. The molecule has 0 unspecified atom stereocenters. The molecule has 2 N–H and O–H groups in total. The first kappa shape index (κ1) is 16.4. The van der Waals surface area contributed by atoms with Gasteiger partial charge >= 0.3 is 0 Å². The van der Waals surface area contributed by atoms with Crippen molar-refractivity contribution in [1.29, 1.82) is 0 Å². The summed E-state index contributed by atoms with van der Waals surface area (Å²) < 4.78 is 10.8. The van der Waals surface area contributed by atoms with Crippen LogP contribution in [-0.4, -0.2) is 18.1 Å². The predicted molar refractivity (Wildman–Crippen MR) is 95.6 cm³/mol. The zero-order chi connectivity index (χ0) is 17.6. The Labute approximate surface area is 145 Å². The van der Waals surface area contributed by atoms with Crippen molar-refractivity contribution >= 4 is 11.6 Å². The molecule has 0 heterocycles. The Kier molecular flexibility index (Phi) is 4.85. The maximum absolute atomic E-state index is 12.4. The molecule has 0 atom stereocenters. The number of ether oxygens (including phenoxy) is 2. The molecule has 3 aromatic rings. The molecule has 0 aliphatic heterocycles. The van der Waals surface area contributed by atoms with Gasteiger partial charge in [0, 0.05) is 23.4 Å². The average molecular weight is 335 g/mol. The molecular formula is C20H17NO4. The fourth-order valence-electron chi connectivity index (χ4n) is 2.29. The van der Waals surface area contributed by atoms with Crippen molar-refractivity contribution in [3.63, 3.8) is 0 Å². The number of aromatic hydroxyl groups is 1. The Morgan fingerprint density at radius 2 is 1.56 bits per heavy atom. The quantitative estimate of drug-likeness (QED) is 0.723. The van der Waals surface area contributed by atoms with Gasteiger partial charge in [0.25, 0.3) is 5.91 Å². The van der Waals surface area contributed by atoms with Gasteiger partial charge in [0.2, 0.25) is 0 Å². The van der Waals surface area contributed by atoms with Crippen LogP contribution in [0.15, 0.2) is 72.8 Å². The van der Waals surface area contributed by atoms with Crippen LogP contribution in [0.2, 0.25) is 0 Å². The Hall–Kier alpha value is -3.47. The van der Waals surface area contributed by atoms with E-state index in [1.165, 1.54) is 6.07 Å². The first-order valence-electron chi connectivity index (χ1n) is 7.66. The van der Waals surface area contributed by atoms with Crippen LogP contribution in [0.5, 0.6) is 23.0 Å². The van der Waals surface area contributed by atoms with Crippen molar-refractivity contribution in [2.75, 3.05) is 12.4 Å². The molecule has 5 heteroatoms. The number of hydrogen-bond donors (Lipinski definition) is 2. The van der Waals surface area contributed by atoms with Crippen LogP contribution < -0.4 is 14.8 Å². The minimum atomic E-state index is -0.242. The maximum atomic E-state index is 12.4. The van der Waals surface area contributed by atoms with Crippen molar-refractivity contribution in [3.8, 4) is 23.0 Å². The molecule has 0 saturated carbocycles. The molecule has 0 radical (unpaired) electrons. The standard InChI is InChI=1S/C20H17NO4/c1-24-17-8-2-5-14(11-17)20(23)21-15-6-3-9-18(12-15)25-19-10-4-7-16(22)13-19/h2-13,22H,1H3,(H,21,23). The van der Waals surface area contributed by atoms with E-state index in [0.717, 1.165) is 0 Å². The molecule has 25 heavy (non-hydrogen) atoms. The topological polar surface area (TPSA) is 67.8 Å². The SMILES string of the molecule is COc1cccc(C(=O)Nc2cccc(Oc3cccc(O)c3)c2)c1. The lowest BCUT2D eigenvalue weighted by molar-refractivity contribution is 0.102. The van der Waals surface area contributed by atoms with Gasteiger partial charge in [-0.05, 0) is 42.5 Å². The van der Waals surface area contributed by atoms with Gasteiger partial charge in [0.1, 0.15) is 23.0 Å². The molecule has 0 fully saturated rings. The van der Waals surface area contributed by atoms with Gasteiger partial charge in [-0.15, -0.1) is 0 Å². The van der Waals surface area contributed by atoms with Crippen molar-refractivity contribution < 1.29 is 19.4 Å². The number of anilines is 1. The summed E-state index contributed by atoms with van der Waals surface area (Å²) in [6.07, 6.45) is 0. The molecule has 3 aromatic carbocycles. The zero-order valence-corrected chi connectivity index (χ0v) is 13.6. The zero-order valence-electron chi connectivity index (χ0n) is 13.6. The summed E-state index contributed by atoms with van der Waals surface area (Å²) in [6, 6.07) is 20.5. The number of amides is 1. The average Bonchev–Trinajstić information content (AvgIpc) is 2.62. The molecule has 0 aliphatic carbocycles. The third kappa shape index (κ3) is 4.29. The van der Waals surface area contributed by atoms with Crippen LogP contribution in [0.4, 0.5) is 5.69 Å². The summed E-state index contributed by atoms with van der Waals surface area (Å²) in [5, 5.41) is 12.3. The lowest BCUT2D eigenvalue weighted by atomic mass is 10.2. The van der Waals surface area contributed by atoms with Gasteiger partial charge in [-0.25, -0.2) is 0 Å². The first-order chi connectivity index (χ1) is 12.1. The van der Waals surface area contributed by atoms with Crippen LogP contribution in [-0.2, 0) is 0 Å². The van der Waals surface area contributed by atoms with E-state index in [9.17, 15) is 9.90 Å². The van der Waals surface area contributed by atoms with Gasteiger partial charge in [-0.3, -0.25) is 4.79 Å². The van der Waals surface area contributed by atoms with Crippen molar-refractivity contribution in [3.05, 3.63) is 78.4 Å². The predicted octanol–water partition coefficient (Wildman–Crippen LogP) is 4.45. The number of hydrogen-bond acceptors (Lipinski definition) is 4. The third-order valence-electron chi connectivity index (χ3n) is 3.48. The van der Waals surface area contributed by atoms with Crippen molar-refractivity contribution in [2.45, 2.75) is 0 Å². The van der Waals surface area contributed by atoms with E-state index < -0.39 is 0 Å². The Bertz CT molecular complexity index is 892. The molecule has 0 aromatic heterocycles. The van der Waals surface area contributed by atoms with E-state index in [2.05, 4.69) is 5.32 Å². The Morgan fingerprint density at radius 3 is 2.32 bits per heavy atom. The van der Waals surface area contributed by atoms with Crippen LogP contribution in [0, 0.1) is 0 Å². The van der Waals surface area contributed by atoms with E-state index in [4.69, 9.17) is 9.47 Å². The summed E-state index contributed by atoms with van der Waals surface area (Å²) in [5.74, 6) is 1.56. The summed E-state index contributed by atoms with van der Waals surface area (Å²) >= 11 is 0. The maximum Gasteiger partial charge on any atom is 0.255 e. The second-order valence-corrected chi connectivity index (χ2v) is 5.31.